The van der Waals surface area contributed by atoms with Crippen LogP contribution < -0.4 is 5.32 Å². The van der Waals surface area contributed by atoms with Crippen molar-refractivity contribution in [1.82, 2.24) is 5.32 Å². The molecule has 1 aliphatic rings. The zero-order valence-electron chi connectivity index (χ0n) is 12.1. The van der Waals surface area contributed by atoms with Gasteiger partial charge < -0.3 is 5.32 Å². The van der Waals surface area contributed by atoms with Gasteiger partial charge in [0.25, 0.3) is 0 Å². The van der Waals surface area contributed by atoms with E-state index in [1.807, 2.05) is 25.2 Å². The predicted octanol–water partition coefficient (Wildman–Crippen LogP) is 5.68. The highest BCUT2D eigenvalue weighted by molar-refractivity contribution is 9.10. The van der Waals surface area contributed by atoms with Gasteiger partial charge in [0.1, 0.15) is 0 Å². The smallest absolute Gasteiger partial charge is 0.0588 e. The van der Waals surface area contributed by atoms with Crippen LogP contribution in [0.1, 0.15) is 47.9 Å². The van der Waals surface area contributed by atoms with Crippen molar-refractivity contribution in [1.29, 1.82) is 0 Å². The van der Waals surface area contributed by atoms with Crippen LogP contribution in [0.2, 0.25) is 5.02 Å². The second-order valence-electron chi connectivity index (χ2n) is 5.64. The molecule has 0 heterocycles. The summed E-state index contributed by atoms with van der Waals surface area (Å²) in [4.78, 5) is 0. The van der Waals surface area contributed by atoms with Crippen molar-refractivity contribution in [3.8, 4) is 0 Å². The first-order valence-corrected chi connectivity index (χ1v) is 8.59. The lowest BCUT2D eigenvalue weighted by molar-refractivity contribution is 0.415. The predicted molar refractivity (Wildman–Crippen MR) is 93.1 cm³/mol. The minimum absolute atomic E-state index is 0.162. The fourth-order valence-corrected chi connectivity index (χ4v) is 3.74. The van der Waals surface area contributed by atoms with Crippen molar-refractivity contribution in [3.05, 3.63) is 68.7 Å². The van der Waals surface area contributed by atoms with Crippen molar-refractivity contribution in [2.24, 2.45) is 0 Å². The highest BCUT2D eigenvalue weighted by atomic mass is 79.9. The Morgan fingerprint density at radius 3 is 2.57 bits per heavy atom. The van der Waals surface area contributed by atoms with Crippen molar-refractivity contribution in [2.75, 3.05) is 7.05 Å². The summed E-state index contributed by atoms with van der Waals surface area (Å²) in [5.41, 5.74) is 4.04. The van der Waals surface area contributed by atoms with Gasteiger partial charge in [-0.05, 0) is 60.7 Å². The van der Waals surface area contributed by atoms with E-state index in [-0.39, 0.29) is 6.04 Å². The van der Waals surface area contributed by atoms with Crippen LogP contribution in [0.3, 0.4) is 0 Å². The third-order valence-electron chi connectivity index (χ3n) is 4.41. The zero-order valence-corrected chi connectivity index (χ0v) is 14.4. The summed E-state index contributed by atoms with van der Waals surface area (Å²) in [5, 5.41) is 4.23. The molecule has 0 bridgehead atoms. The molecule has 0 saturated heterocycles. The first-order valence-electron chi connectivity index (χ1n) is 7.41. The maximum absolute atomic E-state index is 6.20. The van der Waals surface area contributed by atoms with E-state index < -0.39 is 0 Å². The Morgan fingerprint density at radius 2 is 1.90 bits per heavy atom. The van der Waals surface area contributed by atoms with Crippen LogP contribution in [0.4, 0.5) is 0 Å². The molecule has 1 nitrogen and oxygen atoms in total. The molecule has 3 rings (SSSR count). The Bertz CT molecular complexity index is 637. The Labute approximate surface area is 139 Å². The molecule has 110 valence electrons. The van der Waals surface area contributed by atoms with Gasteiger partial charge in [-0.1, -0.05) is 58.2 Å². The molecule has 0 aromatic heterocycles. The molecule has 1 fully saturated rings. The fourth-order valence-electron chi connectivity index (χ4n) is 3.08. The molecule has 0 radical (unpaired) electrons. The monoisotopic (exact) mass is 363 g/mol. The van der Waals surface area contributed by atoms with E-state index in [4.69, 9.17) is 11.6 Å². The lowest BCUT2D eigenvalue weighted by atomic mass is 9.76. The van der Waals surface area contributed by atoms with E-state index in [1.165, 1.54) is 36.0 Å². The highest BCUT2D eigenvalue weighted by Gasteiger charge is 2.25. The number of rotatable bonds is 4. The van der Waals surface area contributed by atoms with E-state index in [9.17, 15) is 0 Å². The van der Waals surface area contributed by atoms with Crippen LogP contribution in [-0.2, 0) is 0 Å². The van der Waals surface area contributed by atoms with Crippen LogP contribution in [0, 0.1) is 0 Å². The molecule has 21 heavy (non-hydrogen) atoms. The molecule has 0 spiro atoms. The van der Waals surface area contributed by atoms with Gasteiger partial charge in [-0.15, -0.1) is 0 Å². The van der Waals surface area contributed by atoms with Crippen LogP contribution in [-0.4, -0.2) is 7.05 Å². The van der Waals surface area contributed by atoms with E-state index in [0.717, 1.165) is 15.4 Å². The van der Waals surface area contributed by atoms with Crippen LogP contribution in [0.5, 0.6) is 0 Å². The third kappa shape index (κ3) is 3.03. The largest absolute Gasteiger partial charge is 0.309 e. The normalized spacial score (nSPS) is 16.5. The molecular formula is C18H19BrClN. The van der Waals surface area contributed by atoms with E-state index >= 15 is 0 Å². The number of halogens is 2. The molecule has 3 heteroatoms. The van der Waals surface area contributed by atoms with Crippen LogP contribution in [0.15, 0.2) is 46.9 Å². The molecule has 1 unspecified atom stereocenters. The Morgan fingerprint density at radius 1 is 1.14 bits per heavy atom. The summed E-state index contributed by atoms with van der Waals surface area (Å²) >= 11 is 9.86. The quantitative estimate of drug-likeness (QED) is 0.736. The number of nitrogens with one attached hydrogen (secondary N) is 1. The van der Waals surface area contributed by atoms with Gasteiger partial charge in [0.05, 0.1) is 6.04 Å². The summed E-state index contributed by atoms with van der Waals surface area (Å²) < 4.78 is 1.09. The minimum Gasteiger partial charge on any atom is -0.309 e. The number of benzene rings is 2. The minimum atomic E-state index is 0.162. The van der Waals surface area contributed by atoms with Gasteiger partial charge in [-0.2, -0.15) is 0 Å². The van der Waals surface area contributed by atoms with E-state index in [1.54, 1.807) is 0 Å². The lowest BCUT2D eigenvalue weighted by Gasteiger charge is -2.31. The summed E-state index contributed by atoms with van der Waals surface area (Å²) in [5.74, 6) is 0.718. The molecule has 1 N–H and O–H groups in total. The molecule has 2 aromatic carbocycles. The molecule has 2 aromatic rings. The Kier molecular flexibility index (Phi) is 4.68. The molecule has 1 atom stereocenters. The number of hydrogen-bond donors (Lipinski definition) is 1. The average Bonchev–Trinajstić information content (AvgIpc) is 2.43. The molecule has 1 saturated carbocycles. The first-order chi connectivity index (χ1) is 10.2. The van der Waals surface area contributed by atoms with Gasteiger partial charge in [-0.3, -0.25) is 0 Å². The van der Waals surface area contributed by atoms with Gasteiger partial charge in [0.15, 0.2) is 0 Å². The zero-order chi connectivity index (χ0) is 14.8. The maximum Gasteiger partial charge on any atom is 0.0588 e. The summed E-state index contributed by atoms with van der Waals surface area (Å²) in [6.45, 7) is 0. The maximum atomic E-state index is 6.20. The van der Waals surface area contributed by atoms with Crippen molar-refractivity contribution in [3.63, 3.8) is 0 Å². The van der Waals surface area contributed by atoms with Crippen LogP contribution >= 0.6 is 27.5 Å². The second kappa shape index (κ2) is 6.51. The first kappa shape index (κ1) is 15.1. The fraction of sp³-hybridized carbons (Fsp3) is 0.333. The second-order valence-corrected chi connectivity index (χ2v) is 6.94. The highest BCUT2D eigenvalue weighted by Crippen LogP contribution is 2.41. The van der Waals surface area contributed by atoms with E-state index in [2.05, 4.69) is 45.5 Å². The number of hydrogen-bond acceptors (Lipinski definition) is 1. The molecule has 1 aliphatic carbocycles. The summed E-state index contributed by atoms with van der Waals surface area (Å²) in [6, 6.07) is 14.9. The van der Waals surface area contributed by atoms with Gasteiger partial charge in [0, 0.05) is 9.50 Å². The molecular weight excluding hydrogens is 346 g/mol. The lowest BCUT2D eigenvalue weighted by Crippen LogP contribution is -2.22. The summed E-state index contributed by atoms with van der Waals surface area (Å²) in [7, 11) is 2.01. The standard InChI is InChI=1S/C18H19BrClN/c1-21-18(16-11-13(20)9-10-17(16)19)15-8-3-2-7-14(15)12-5-4-6-12/h2-3,7-12,18,21H,4-6H2,1H3. The topological polar surface area (TPSA) is 12.0 Å². The van der Waals surface area contributed by atoms with Crippen molar-refractivity contribution in [2.45, 2.75) is 31.2 Å². The van der Waals surface area contributed by atoms with Gasteiger partial charge in [-0.25, -0.2) is 0 Å². The Hall–Kier alpha value is -0.830. The van der Waals surface area contributed by atoms with Gasteiger partial charge >= 0.3 is 0 Å². The third-order valence-corrected chi connectivity index (χ3v) is 5.37. The average molecular weight is 365 g/mol. The SMILES string of the molecule is CNC(c1cc(Cl)ccc1Br)c1ccccc1C1CCC1. The molecule has 0 aliphatic heterocycles. The Balaban J connectivity index is 2.06. The van der Waals surface area contributed by atoms with E-state index in [0.29, 0.717) is 0 Å². The van der Waals surface area contributed by atoms with Crippen molar-refractivity contribution < 1.29 is 0 Å². The van der Waals surface area contributed by atoms with Gasteiger partial charge in [0.2, 0.25) is 0 Å². The van der Waals surface area contributed by atoms with Crippen molar-refractivity contribution >= 4 is 27.5 Å². The summed E-state index contributed by atoms with van der Waals surface area (Å²) in [6.07, 6.45) is 3.97. The van der Waals surface area contributed by atoms with Crippen LogP contribution in [0.25, 0.3) is 0 Å². The molecule has 0 amide bonds.